The molecule has 1 aliphatic heterocycles. The molecule has 25 heavy (non-hydrogen) atoms. The monoisotopic (exact) mass is 340 g/mol. The number of ketones is 1. The molecule has 1 aliphatic rings. The fraction of sp³-hybridized carbons (Fsp3) is 0.421. The van der Waals surface area contributed by atoms with Crippen LogP contribution in [0.15, 0.2) is 36.7 Å². The Morgan fingerprint density at radius 2 is 2.00 bits per heavy atom. The van der Waals surface area contributed by atoms with Gasteiger partial charge in [0, 0.05) is 57.5 Å². The Labute approximate surface area is 147 Å². The highest BCUT2D eigenvalue weighted by Gasteiger charge is 2.30. The fourth-order valence-electron chi connectivity index (χ4n) is 3.18. The maximum absolute atomic E-state index is 12.7. The first-order valence-corrected chi connectivity index (χ1v) is 8.63. The van der Waals surface area contributed by atoms with Gasteiger partial charge in [0.05, 0.1) is 0 Å². The Kier molecular flexibility index (Phi) is 5.28. The third-order valence-electron chi connectivity index (χ3n) is 4.66. The van der Waals surface area contributed by atoms with E-state index in [0.29, 0.717) is 18.7 Å². The molecular weight excluding hydrogens is 316 g/mol. The molecular formula is C19H24N4O2. The van der Waals surface area contributed by atoms with Crippen LogP contribution >= 0.6 is 0 Å². The summed E-state index contributed by atoms with van der Waals surface area (Å²) in [5.41, 5.74) is 1.78. The van der Waals surface area contributed by atoms with Gasteiger partial charge in [-0.1, -0.05) is 29.8 Å². The summed E-state index contributed by atoms with van der Waals surface area (Å²) in [6, 6.07) is 7.40. The zero-order chi connectivity index (χ0) is 17.8. The summed E-state index contributed by atoms with van der Waals surface area (Å²) in [6.07, 6.45) is 4.09. The highest BCUT2D eigenvalue weighted by atomic mass is 16.2. The molecule has 1 amide bonds. The summed E-state index contributed by atoms with van der Waals surface area (Å²) < 4.78 is 1.94. The Balaban J connectivity index is 1.64. The normalized spacial score (nSPS) is 17.5. The van der Waals surface area contributed by atoms with Crippen molar-refractivity contribution in [1.29, 1.82) is 0 Å². The molecule has 1 unspecified atom stereocenters. The zero-order valence-corrected chi connectivity index (χ0v) is 14.7. The van der Waals surface area contributed by atoms with Crippen molar-refractivity contribution in [2.24, 2.45) is 7.05 Å². The van der Waals surface area contributed by atoms with E-state index in [9.17, 15) is 9.59 Å². The summed E-state index contributed by atoms with van der Waals surface area (Å²) in [5.74, 6) is 0.886. The molecule has 1 fully saturated rings. The summed E-state index contributed by atoms with van der Waals surface area (Å²) in [6.45, 7) is 4.07. The molecule has 6 heteroatoms. The molecule has 2 aromatic rings. The predicted molar refractivity (Wildman–Crippen MR) is 95.3 cm³/mol. The van der Waals surface area contributed by atoms with E-state index in [0.717, 1.165) is 17.9 Å². The number of aryl methyl sites for hydroxylation is 2. The summed E-state index contributed by atoms with van der Waals surface area (Å²) in [4.78, 5) is 31.3. The number of aromatic nitrogens is 2. The molecule has 0 saturated carbocycles. The standard InChI is InChI=1S/C19H24N4O2/c1-14-3-5-15(6-4-14)17(24)7-8-18(25)23-12-9-20-13-16(23)19-21-10-11-22(19)2/h3-6,10-11,16,20H,7-9,12-13H2,1-2H3. The first-order chi connectivity index (χ1) is 12.1. The van der Waals surface area contributed by atoms with Gasteiger partial charge in [-0.25, -0.2) is 4.98 Å². The smallest absolute Gasteiger partial charge is 0.223 e. The minimum absolute atomic E-state index is 0.00922. The Morgan fingerprint density at radius 3 is 2.68 bits per heavy atom. The Bertz CT molecular complexity index is 751. The van der Waals surface area contributed by atoms with E-state index in [2.05, 4.69) is 10.3 Å². The van der Waals surface area contributed by atoms with E-state index in [1.54, 1.807) is 6.20 Å². The molecule has 0 aliphatic carbocycles. The van der Waals surface area contributed by atoms with Crippen LogP contribution in [0.25, 0.3) is 0 Å². The fourth-order valence-corrected chi connectivity index (χ4v) is 3.18. The van der Waals surface area contributed by atoms with Gasteiger partial charge in [0.2, 0.25) is 5.91 Å². The van der Waals surface area contributed by atoms with E-state index in [1.807, 2.05) is 53.9 Å². The van der Waals surface area contributed by atoms with Gasteiger partial charge < -0.3 is 14.8 Å². The number of amides is 1. The lowest BCUT2D eigenvalue weighted by molar-refractivity contribution is -0.134. The van der Waals surface area contributed by atoms with Gasteiger partial charge in [-0.3, -0.25) is 9.59 Å². The molecule has 1 saturated heterocycles. The minimum atomic E-state index is -0.0873. The summed E-state index contributed by atoms with van der Waals surface area (Å²) >= 11 is 0. The lowest BCUT2D eigenvalue weighted by Gasteiger charge is -2.35. The lowest BCUT2D eigenvalue weighted by Crippen LogP contribution is -2.49. The average molecular weight is 340 g/mol. The van der Waals surface area contributed by atoms with Crippen LogP contribution in [0, 0.1) is 6.92 Å². The third-order valence-corrected chi connectivity index (χ3v) is 4.66. The quantitative estimate of drug-likeness (QED) is 0.844. The van der Waals surface area contributed by atoms with Gasteiger partial charge in [-0.2, -0.15) is 0 Å². The Morgan fingerprint density at radius 1 is 1.24 bits per heavy atom. The van der Waals surface area contributed by atoms with E-state index >= 15 is 0 Å². The van der Waals surface area contributed by atoms with Gasteiger partial charge in [0.25, 0.3) is 0 Å². The van der Waals surface area contributed by atoms with Crippen LogP contribution in [-0.4, -0.2) is 45.8 Å². The number of nitrogens with zero attached hydrogens (tertiary/aromatic N) is 3. The van der Waals surface area contributed by atoms with Gasteiger partial charge in [0.15, 0.2) is 5.78 Å². The van der Waals surface area contributed by atoms with Crippen LogP contribution in [-0.2, 0) is 11.8 Å². The second kappa shape index (κ2) is 7.61. The second-order valence-electron chi connectivity index (χ2n) is 6.49. The second-order valence-corrected chi connectivity index (χ2v) is 6.49. The molecule has 3 rings (SSSR count). The largest absolute Gasteiger partial charge is 0.336 e. The summed E-state index contributed by atoms with van der Waals surface area (Å²) in [7, 11) is 1.93. The number of Topliss-reactive ketones (excluding diaryl/α,β-unsaturated/α-hetero) is 1. The number of carbonyl (C=O) groups excluding carboxylic acids is 2. The number of hydrogen-bond donors (Lipinski definition) is 1. The molecule has 0 bridgehead atoms. The van der Waals surface area contributed by atoms with Crippen LogP contribution in [0.4, 0.5) is 0 Å². The molecule has 6 nitrogen and oxygen atoms in total. The molecule has 1 aromatic carbocycles. The van der Waals surface area contributed by atoms with Gasteiger partial charge in [-0.05, 0) is 6.92 Å². The SMILES string of the molecule is Cc1ccc(C(=O)CCC(=O)N2CCNCC2c2nccn2C)cc1. The van der Waals surface area contributed by atoms with Crippen molar-refractivity contribution in [3.8, 4) is 0 Å². The lowest BCUT2D eigenvalue weighted by atomic mass is 10.0. The van der Waals surface area contributed by atoms with E-state index in [4.69, 9.17) is 0 Å². The number of benzene rings is 1. The van der Waals surface area contributed by atoms with Crippen LogP contribution in [0.1, 0.15) is 40.6 Å². The van der Waals surface area contributed by atoms with Crippen LogP contribution < -0.4 is 5.32 Å². The molecule has 0 radical (unpaired) electrons. The minimum Gasteiger partial charge on any atom is -0.336 e. The number of imidazole rings is 1. The number of rotatable bonds is 5. The van der Waals surface area contributed by atoms with E-state index in [1.165, 1.54) is 0 Å². The van der Waals surface area contributed by atoms with Gasteiger partial charge in [0.1, 0.15) is 11.9 Å². The van der Waals surface area contributed by atoms with Crippen LogP contribution in [0.2, 0.25) is 0 Å². The highest BCUT2D eigenvalue weighted by Crippen LogP contribution is 2.22. The van der Waals surface area contributed by atoms with E-state index in [-0.39, 0.29) is 30.6 Å². The van der Waals surface area contributed by atoms with Crippen molar-refractivity contribution >= 4 is 11.7 Å². The van der Waals surface area contributed by atoms with Crippen LogP contribution in [0.3, 0.4) is 0 Å². The van der Waals surface area contributed by atoms with Crippen molar-refractivity contribution < 1.29 is 9.59 Å². The molecule has 1 aromatic heterocycles. The maximum Gasteiger partial charge on any atom is 0.223 e. The van der Waals surface area contributed by atoms with Crippen molar-refractivity contribution in [2.45, 2.75) is 25.8 Å². The number of carbonyl (C=O) groups is 2. The molecule has 1 N–H and O–H groups in total. The Hall–Kier alpha value is -2.47. The number of hydrogen-bond acceptors (Lipinski definition) is 4. The van der Waals surface area contributed by atoms with Crippen molar-refractivity contribution in [3.05, 3.63) is 53.6 Å². The topological polar surface area (TPSA) is 67.2 Å². The first-order valence-electron chi connectivity index (χ1n) is 8.63. The third kappa shape index (κ3) is 3.96. The molecule has 1 atom stereocenters. The van der Waals surface area contributed by atoms with E-state index < -0.39 is 0 Å². The molecule has 2 heterocycles. The average Bonchev–Trinajstić information content (AvgIpc) is 3.06. The molecule has 0 spiro atoms. The van der Waals surface area contributed by atoms with Gasteiger partial charge >= 0.3 is 0 Å². The maximum atomic E-state index is 12.7. The van der Waals surface area contributed by atoms with Crippen LogP contribution in [0.5, 0.6) is 0 Å². The predicted octanol–water partition coefficient (Wildman–Crippen LogP) is 1.86. The highest BCUT2D eigenvalue weighted by molar-refractivity contribution is 5.98. The molecule has 132 valence electrons. The number of nitrogens with one attached hydrogen (secondary N) is 1. The van der Waals surface area contributed by atoms with Crippen molar-refractivity contribution in [1.82, 2.24) is 19.8 Å². The summed E-state index contributed by atoms with van der Waals surface area (Å²) in [5, 5.41) is 3.32. The first kappa shape index (κ1) is 17.4. The zero-order valence-electron chi connectivity index (χ0n) is 14.7. The van der Waals surface area contributed by atoms with Gasteiger partial charge in [-0.15, -0.1) is 0 Å². The van der Waals surface area contributed by atoms with Crippen molar-refractivity contribution in [2.75, 3.05) is 19.6 Å². The van der Waals surface area contributed by atoms with Crippen molar-refractivity contribution in [3.63, 3.8) is 0 Å². The number of piperazine rings is 1.